The fraction of sp³-hybridized carbons (Fsp3) is 0.481. The molecule has 2 aliphatic heterocycles. The zero-order valence-electron chi connectivity index (χ0n) is 21.4. The first kappa shape index (κ1) is 27.1. The molecule has 0 saturated carbocycles. The second-order valence-corrected chi connectivity index (χ2v) is 10.5. The molecule has 0 radical (unpaired) electrons. The molecule has 37 heavy (non-hydrogen) atoms. The summed E-state index contributed by atoms with van der Waals surface area (Å²) in [4.78, 5) is 30.6. The Bertz CT molecular complexity index is 1170. The topological polar surface area (TPSA) is 81.9 Å². The van der Waals surface area contributed by atoms with Gasteiger partial charge < -0.3 is 16.0 Å². The molecule has 2 amide bonds. The van der Waals surface area contributed by atoms with Crippen LogP contribution in [0.1, 0.15) is 51.9 Å². The molecule has 0 aromatic heterocycles. The van der Waals surface area contributed by atoms with Gasteiger partial charge in [0.1, 0.15) is 0 Å². The number of fused-ring (bicyclic) bond motifs is 1. The number of primary amides is 1. The minimum absolute atomic E-state index is 0.111. The molecule has 2 aromatic rings. The van der Waals surface area contributed by atoms with Gasteiger partial charge >= 0.3 is 6.18 Å². The van der Waals surface area contributed by atoms with Crippen LogP contribution in [0.15, 0.2) is 36.4 Å². The minimum Gasteiger partial charge on any atom is -0.369 e. The molecule has 200 valence electrons. The molecule has 0 aliphatic carbocycles. The summed E-state index contributed by atoms with van der Waals surface area (Å²) in [5.41, 5.74) is 7.51. The van der Waals surface area contributed by atoms with Gasteiger partial charge in [0, 0.05) is 50.0 Å². The van der Waals surface area contributed by atoms with E-state index in [0.717, 1.165) is 42.8 Å². The predicted octanol–water partition coefficient (Wildman–Crippen LogP) is 3.50. The summed E-state index contributed by atoms with van der Waals surface area (Å²) in [6, 6.07) is 9.43. The van der Waals surface area contributed by atoms with Gasteiger partial charge in [-0.15, -0.1) is 0 Å². The van der Waals surface area contributed by atoms with Gasteiger partial charge in [0.15, 0.2) is 0 Å². The van der Waals surface area contributed by atoms with E-state index in [1.807, 2.05) is 32.0 Å². The molecule has 2 heterocycles. The van der Waals surface area contributed by atoms with E-state index in [4.69, 9.17) is 5.73 Å². The van der Waals surface area contributed by atoms with Gasteiger partial charge in [-0.3, -0.25) is 19.4 Å². The van der Waals surface area contributed by atoms with Crippen LogP contribution in [0.3, 0.4) is 0 Å². The molecule has 4 rings (SSSR count). The predicted molar refractivity (Wildman–Crippen MR) is 136 cm³/mol. The lowest BCUT2D eigenvalue weighted by molar-refractivity contribution is -0.137. The van der Waals surface area contributed by atoms with Crippen LogP contribution < -0.4 is 11.1 Å². The smallest absolute Gasteiger partial charge is 0.369 e. The average Bonchev–Trinajstić information content (AvgIpc) is 3.26. The summed E-state index contributed by atoms with van der Waals surface area (Å²) < 4.78 is 41.0. The number of nitrogens with two attached hydrogens (primary N) is 1. The number of halogens is 3. The molecule has 2 aliphatic rings. The Balaban J connectivity index is 1.53. The Hall–Kier alpha value is -2.95. The van der Waals surface area contributed by atoms with E-state index in [1.54, 1.807) is 18.2 Å². The van der Waals surface area contributed by atoms with Crippen molar-refractivity contribution in [2.45, 2.75) is 44.6 Å². The lowest BCUT2D eigenvalue weighted by Gasteiger charge is -2.32. The van der Waals surface area contributed by atoms with Crippen molar-refractivity contribution in [1.29, 1.82) is 0 Å². The van der Waals surface area contributed by atoms with Crippen LogP contribution in [0.25, 0.3) is 0 Å². The van der Waals surface area contributed by atoms with Gasteiger partial charge in [-0.1, -0.05) is 13.0 Å². The SMILES string of the molecule is C[C@H]1CN(CC(N)=O)Cc2cc(C(=O)Nc3cc(CN4CC[C@H](N(C)C)C4)cc(C(F)(F)F)c3)ccc21. The number of hydrogen-bond donors (Lipinski definition) is 2. The highest BCUT2D eigenvalue weighted by Gasteiger charge is 2.32. The van der Waals surface area contributed by atoms with Crippen LogP contribution in [0.5, 0.6) is 0 Å². The molecule has 0 spiro atoms. The van der Waals surface area contributed by atoms with Crippen molar-refractivity contribution in [1.82, 2.24) is 14.7 Å². The number of hydrogen-bond acceptors (Lipinski definition) is 5. The summed E-state index contributed by atoms with van der Waals surface area (Å²) in [5.74, 6) is -0.749. The molecule has 3 N–H and O–H groups in total. The Morgan fingerprint density at radius 3 is 2.51 bits per heavy atom. The molecule has 2 aromatic carbocycles. The monoisotopic (exact) mass is 517 g/mol. The number of likely N-dealkylation sites (tertiary alicyclic amines) is 1. The quantitative estimate of drug-likeness (QED) is 0.588. The van der Waals surface area contributed by atoms with Crippen molar-refractivity contribution >= 4 is 17.5 Å². The fourth-order valence-corrected chi connectivity index (χ4v) is 5.35. The Kier molecular flexibility index (Phi) is 7.91. The number of carbonyl (C=O) groups is 2. The summed E-state index contributed by atoms with van der Waals surface area (Å²) in [6.45, 7) is 5.29. The highest BCUT2D eigenvalue weighted by molar-refractivity contribution is 6.04. The van der Waals surface area contributed by atoms with Gasteiger partial charge in [0.2, 0.25) is 5.91 Å². The van der Waals surface area contributed by atoms with Crippen molar-refractivity contribution in [3.8, 4) is 0 Å². The van der Waals surface area contributed by atoms with E-state index < -0.39 is 23.6 Å². The molecule has 10 heteroatoms. The van der Waals surface area contributed by atoms with Crippen LogP contribution in [-0.2, 0) is 24.1 Å². The first-order valence-electron chi connectivity index (χ1n) is 12.4. The van der Waals surface area contributed by atoms with Crippen LogP contribution in [0, 0.1) is 0 Å². The molecular formula is C27H34F3N5O2. The summed E-state index contributed by atoms with van der Waals surface area (Å²) in [5, 5.41) is 2.67. The van der Waals surface area contributed by atoms with Gasteiger partial charge in [0.05, 0.1) is 12.1 Å². The van der Waals surface area contributed by atoms with E-state index in [-0.39, 0.29) is 18.2 Å². The number of benzene rings is 2. The van der Waals surface area contributed by atoms with Crippen molar-refractivity contribution in [2.24, 2.45) is 5.73 Å². The fourth-order valence-electron chi connectivity index (χ4n) is 5.35. The zero-order valence-corrected chi connectivity index (χ0v) is 21.4. The van der Waals surface area contributed by atoms with Crippen LogP contribution in [-0.4, -0.2) is 72.8 Å². The van der Waals surface area contributed by atoms with Crippen LogP contribution >= 0.6 is 0 Å². The van der Waals surface area contributed by atoms with Gasteiger partial charge in [-0.05, 0) is 73.5 Å². The second-order valence-electron chi connectivity index (χ2n) is 10.5. The molecule has 7 nitrogen and oxygen atoms in total. The van der Waals surface area contributed by atoms with Crippen molar-refractivity contribution < 1.29 is 22.8 Å². The van der Waals surface area contributed by atoms with Crippen LogP contribution in [0.4, 0.5) is 18.9 Å². The molecular weight excluding hydrogens is 483 g/mol. The van der Waals surface area contributed by atoms with E-state index >= 15 is 0 Å². The molecule has 0 bridgehead atoms. The van der Waals surface area contributed by atoms with Crippen molar-refractivity contribution in [3.05, 3.63) is 64.2 Å². The maximum Gasteiger partial charge on any atom is 0.416 e. The normalized spacial score (nSPS) is 20.7. The number of nitrogens with zero attached hydrogens (tertiary/aromatic N) is 3. The Morgan fingerprint density at radius 1 is 1.11 bits per heavy atom. The highest BCUT2D eigenvalue weighted by Crippen LogP contribution is 2.33. The van der Waals surface area contributed by atoms with Gasteiger partial charge in [-0.2, -0.15) is 13.2 Å². The zero-order chi connectivity index (χ0) is 26.9. The Morgan fingerprint density at radius 2 is 1.86 bits per heavy atom. The number of anilines is 1. The number of nitrogens with one attached hydrogen (secondary N) is 1. The first-order valence-corrected chi connectivity index (χ1v) is 12.4. The standard InChI is InChI=1S/C27H34F3N5O2/c1-17-12-35(16-25(31)36)14-20-10-19(4-5-24(17)20)26(37)32-22-9-18(8-21(11-22)27(28,29)30)13-34-7-6-23(15-34)33(2)3/h4-5,8-11,17,23H,6-7,12-16H2,1-3H3,(H2,31,36)(H,32,37)/t17-,23-/m0/s1. The summed E-state index contributed by atoms with van der Waals surface area (Å²) >= 11 is 0. The van der Waals surface area contributed by atoms with E-state index in [2.05, 4.69) is 15.1 Å². The lowest BCUT2D eigenvalue weighted by atomic mass is 9.89. The number of likely N-dealkylation sites (N-methyl/N-ethyl adjacent to an activating group) is 1. The second kappa shape index (κ2) is 10.8. The van der Waals surface area contributed by atoms with Gasteiger partial charge in [-0.25, -0.2) is 0 Å². The summed E-state index contributed by atoms with van der Waals surface area (Å²) in [7, 11) is 4.01. The minimum atomic E-state index is -4.53. The number of carbonyl (C=O) groups excluding carboxylic acids is 2. The maximum absolute atomic E-state index is 13.7. The summed E-state index contributed by atoms with van der Waals surface area (Å²) in [6.07, 6.45) is -3.57. The number of amides is 2. The third-order valence-corrected chi connectivity index (χ3v) is 7.20. The van der Waals surface area contributed by atoms with E-state index in [0.29, 0.717) is 36.8 Å². The number of alkyl halides is 3. The molecule has 1 fully saturated rings. The van der Waals surface area contributed by atoms with Crippen molar-refractivity contribution in [2.75, 3.05) is 45.6 Å². The van der Waals surface area contributed by atoms with Gasteiger partial charge in [0.25, 0.3) is 5.91 Å². The average molecular weight is 518 g/mol. The molecule has 0 unspecified atom stereocenters. The van der Waals surface area contributed by atoms with Crippen LogP contribution in [0.2, 0.25) is 0 Å². The van der Waals surface area contributed by atoms with E-state index in [9.17, 15) is 22.8 Å². The molecule has 1 saturated heterocycles. The van der Waals surface area contributed by atoms with Crippen molar-refractivity contribution in [3.63, 3.8) is 0 Å². The third-order valence-electron chi connectivity index (χ3n) is 7.20. The van der Waals surface area contributed by atoms with E-state index in [1.165, 1.54) is 0 Å². The molecule has 2 atom stereocenters. The maximum atomic E-state index is 13.7. The lowest BCUT2D eigenvalue weighted by Crippen LogP contribution is -2.38. The highest BCUT2D eigenvalue weighted by atomic mass is 19.4. The first-order chi connectivity index (χ1) is 17.4. The third kappa shape index (κ3) is 6.68. The Labute approximate surface area is 215 Å². The number of rotatable bonds is 7. The largest absolute Gasteiger partial charge is 0.416 e.